The lowest BCUT2D eigenvalue weighted by Crippen LogP contribution is -2.53. The molecule has 0 saturated heterocycles. The van der Waals surface area contributed by atoms with Gasteiger partial charge in [0.1, 0.15) is 0 Å². The monoisotopic (exact) mass is 473 g/mol. The SMILES string of the molecule is C#CCN(C)C(=O)[C@@H](C)[C@H]1CC[C@]2(C)Cc3sc(NC(=O)CC(C)(C)C)nc3[C@H](C)[C@@H]2[C@H]1O. The zero-order valence-electron chi connectivity index (χ0n) is 21.1. The predicted octanol–water partition coefficient (Wildman–Crippen LogP) is 4.30. The zero-order valence-corrected chi connectivity index (χ0v) is 21.9. The van der Waals surface area contributed by atoms with Gasteiger partial charge in [0.15, 0.2) is 5.13 Å². The Labute approximate surface area is 202 Å². The van der Waals surface area contributed by atoms with Crippen LogP contribution >= 0.6 is 11.3 Å². The van der Waals surface area contributed by atoms with Crippen LogP contribution in [0.3, 0.4) is 0 Å². The minimum absolute atomic E-state index is 0.0113. The first-order valence-electron chi connectivity index (χ1n) is 11.9. The van der Waals surface area contributed by atoms with Crippen molar-refractivity contribution < 1.29 is 14.7 Å². The molecule has 0 radical (unpaired) electrons. The highest BCUT2D eigenvalue weighted by molar-refractivity contribution is 7.15. The van der Waals surface area contributed by atoms with E-state index in [4.69, 9.17) is 11.4 Å². The Morgan fingerprint density at radius 2 is 2.09 bits per heavy atom. The Bertz CT molecular complexity index is 944. The highest BCUT2D eigenvalue weighted by Gasteiger charge is 2.54. The molecule has 0 aromatic carbocycles. The van der Waals surface area contributed by atoms with E-state index in [0.717, 1.165) is 25.0 Å². The maximum Gasteiger partial charge on any atom is 0.226 e. The minimum Gasteiger partial charge on any atom is -0.392 e. The third-order valence-corrected chi connectivity index (χ3v) is 8.58. The van der Waals surface area contributed by atoms with E-state index in [1.807, 2.05) is 27.7 Å². The van der Waals surface area contributed by atoms with Gasteiger partial charge in [-0.15, -0.1) is 17.8 Å². The molecular formula is C26H39N3O3S. The number of aromatic nitrogens is 1. The quantitative estimate of drug-likeness (QED) is 0.625. The zero-order chi connectivity index (χ0) is 24.7. The van der Waals surface area contributed by atoms with Crippen LogP contribution in [-0.2, 0) is 16.0 Å². The molecule has 2 amide bonds. The molecule has 0 bridgehead atoms. The lowest BCUT2D eigenvalue weighted by Gasteiger charge is -2.53. The number of fused-ring (bicyclic) bond motifs is 2. The van der Waals surface area contributed by atoms with Crippen LogP contribution in [0.15, 0.2) is 0 Å². The molecule has 1 aromatic rings. The molecule has 1 aromatic heterocycles. The summed E-state index contributed by atoms with van der Waals surface area (Å²) in [5, 5.41) is 15.2. The highest BCUT2D eigenvalue weighted by atomic mass is 32.1. The number of aliphatic hydroxyl groups is 1. The van der Waals surface area contributed by atoms with Gasteiger partial charge in [-0.05, 0) is 41.9 Å². The van der Waals surface area contributed by atoms with Gasteiger partial charge in [-0.25, -0.2) is 4.98 Å². The van der Waals surface area contributed by atoms with Crippen LogP contribution in [0.1, 0.15) is 77.3 Å². The van der Waals surface area contributed by atoms with E-state index in [0.29, 0.717) is 11.6 Å². The second kappa shape index (κ2) is 9.38. The number of carbonyl (C=O) groups excluding carboxylic acids is 2. The van der Waals surface area contributed by atoms with Gasteiger partial charge < -0.3 is 15.3 Å². The van der Waals surface area contributed by atoms with Crippen molar-refractivity contribution in [3.8, 4) is 12.3 Å². The van der Waals surface area contributed by atoms with E-state index in [1.54, 1.807) is 23.3 Å². The van der Waals surface area contributed by atoms with Crippen molar-refractivity contribution in [2.45, 2.75) is 79.2 Å². The molecule has 0 spiro atoms. The topological polar surface area (TPSA) is 82.5 Å². The Balaban J connectivity index is 1.81. The third-order valence-electron chi connectivity index (χ3n) is 7.60. The van der Waals surface area contributed by atoms with Crippen molar-refractivity contribution in [3.05, 3.63) is 10.6 Å². The number of rotatable bonds is 5. The van der Waals surface area contributed by atoms with Crippen molar-refractivity contribution in [1.82, 2.24) is 9.88 Å². The molecule has 182 valence electrons. The number of hydrogen-bond donors (Lipinski definition) is 2. The Kier molecular flexibility index (Phi) is 7.31. The lowest BCUT2D eigenvalue weighted by atomic mass is 9.53. The molecule has 0 unspecified atom stereocenters. The van der Waals surface area contributed by atoms with E-state index in [2.05, 4.69) is 25.1 Å². The number of terminal acetylenes is 1. The summed E-state index contributed by atoms with van der Waals surface area (Å²) in [6.45, 7) is 12.7. The second-order valence-electron chi connectivity index (χ2n) is 11.6. The van der Waals surface area contributed by atoms with Crippen LogP contribution in [-0.4, -0.2) is 46.5 Å². The normalized spacial score (nSPS) is 29.9. The smallest absolute Gasteiger partial charge is 0.226 e. The fourth-order valence-electron chi connectivity index (χ4n) is 5.99. The summed E-state index contributed by atoms with van der Waals surface area (Å²) in [5.41, 5.74) is 0.837. The van der Waals surface area contributed by atoms with Gasteiger partial charge in [0.05, 0.1) is 18.3 Å². The molecule has 7 heteroatoms. The van der Waals surface area contributed by atoms with Gasteiger partial charge in [-0.2, -0.15) is 0 Å². The fraction of sp³-hybridized carbons (Fsp3) is 0.731. The van der Waals surface area contributed by atoms with Crippen molar-refractivity contribution in [2.75, 3.05) is 18.9 Å². The summed E-state index contributed by atoms with van der Waals surface area (Å²) in [4.78, 5) is 32.9. The first kappa shape index (κ1) is 25.7. The van der Waals surface area contributed by atoms with Gasteiger partial charge in [0.25, 0.3) is 0 Å². The third kappa shape index (κ3) is 5.27. The molecule has 6 nitrogen and oxygen atoms in total. The molecule has 2 N–H and O–H groups in total. The number of carbonyl (C=O) groups is 2. The average Bonchev–Trinajstić information content (AvgIpc) is 3.07. The summed E-state index contributed by atoms with van der Waals surface area (Å²) in [6, 6.07) is 0. The van der Waals surface area contributed by atoms with Gasteiger partial charge in [0.2, 0.25) is 11.8 Å². The van der Waals surface area contributed by atoms with Crippen LogP contribution in [0.4, 0.5) is 5.13 Å². The maximum absolute atomic E-state index is 12.9. The van der Waals surface area contributed by atoms with Crippen LogP contribution < -0.4 is 5.32 Å². The first-order valence-corrected chi connectivity index (χ1v) is 12.7. The molecule has 0 aliphatic heterocycles. The van der Waals surface area contributed by atoms with E-state index in [1.165, 1.54) is 4.88 Å². The van der Waals surface area contributed by atoms with Crippen LogP contribution in [0.5, 0.6) is 0 Å². The number of aliphatic hydroxyl groups excluding tert-OH is 1. The predicted molar refractivity (Wildman–Crippen MR) is 133 cm³/mol. The highest BCUT2D eigenvalue weighted by Crippen LogP contribution is 2.57. The van der Waals surface area contributed by atoms with Crippen molar-refractivity contribution in [1.29, 1.82) is 0 Å². The number of amides is 2. The van der Waals surface area contributed by atoms with Gasteiger partial charge >= 0.3 is 0 Å². The number of nitrogens with zero attached hydrogens (tertiary/aromatic N) is 2. The van der Waals surface area contributed by atoms with E-state index in [9.17, 15) is 14.7 Å². The standard InChI is InChI=1S/C26H39N3O3S/c1-9-12-29(8)23(32)15(2)17-10-11-26(7)13-18-21(16(3)20(26)22(17)31)28-24(33-18)27-19(30)14-25(4,5)6/h1,15-17,20,22,31H,10-14H2,2-8H3,(H,27,28,30)/t15-,16+,17+,20+,22-,26+/m0/s1. The van der Waals surface area contributed by atoms with E-state index >= 15 is 0 Å². The fourth-order valence-corrected chi connectivity index (χ4v) is 7.27. The van der Waals surface area contributed by atoms with Crippen molar-refractivity contribution in [3.63, 3.8) is 0 Å². The molecule has 1 saturated carbocycles. The molecule has 3 rings (SSSR count). The number of thiazole rings is 1. The van der Waals surface area contributed by atoms with Crippen molar-refractivity contribution in [2.24, 2.45) is 28.6 Å². The molecule has 2 aliphatic rings. The number of anilines is 1. The van der Waals surface area contributed by atoms with Gasteiger partial charge in [-0.3, -0.25) is 9.59 Å². The molecule has 1 fully saturated rings. The summed E-state index contributed by atoms with van der Waals surface area (Å²) in [7, 11) is 1.72. The number of nitrogens with one attached hydrogen (secondary N) is 1. The molecule has 1 heterocycles. The summed E-state index contributed by atoms with van der Waals surface area (Å²) in [6.07, 6.45) is 7.82. The lowest BCUT2D eigenvalue weighted by molar-refractivity contribution is -0.142. The molecule has 2 aliphatic carbocycles. The van der Waals surface area contributed by atoms with Gasteiger partial charge in [-0.1, -0.05) is 47.5 Å². The Morgan fingerprint density at radius 1 is 1.42 bits per heavy atom. The average molecular weight is 474 g/mol. The van der Waals surface area contributed by atoms with Crippen LogP contribution in [0.2, 0.25) is 0 Å². The molecule has 33 heavy (non-hydrogen) atoms. The van der Waals surface area contributed by atoms with Crippen LogP contribution in [0, 0.1) is 40.9 Å². The Hall–Kier alpha value is -1.91. The van der Waals surface area contributed by atoms with Crippen molar-refractivity contribution >= 4 is 28.3 Å². The van der Waals surface area contributed by atoms with E-state index < -0.39 is 6.10 Å². The second-order valence-corrected chi connectivity index (χ2v) is 12.7. The summed E-state index contributed by atoms with van der Waals surface area (Å²) in [5.74, 6) is 2.15. The molecule has 6 atom stereocenters. The Morgan fingerprint density at radius 3 is 2.70 bits per heavy atom. The first-order chi connectivity index (χ1) is 15.3. The largest absolute Gasteiger partial charge is 0.392 e. The maximum atomic E-state index is 12.9. The molecular weight excluding hydrogens is 434 g/mol. The summed E-state index contributed by atoms with van der Waals surface area (Å²) >= 11 is 1.57. The minimum atomic E-state index is -0.592. The van der Waals surface area contributed by atoms with E-state index in [-0.39, 0.29) is 52.9 Å². The van der Waals surface area contributed by atoms with Gasteiger partial charge in [0, 0.05) is 30.2 Å². The summed E-state index contributed by atoms with van der Waals surface area (Å²) < 4.78 is 0. The van der Waals surface area contributed by atoms with Crippen LogP contribution in [0.25, 0.3) is 0 Å². The number of hydrogen-bond acceptors (Lipinski definition) is 5.